The number of nitrogens with two attached hydrogens (primary N) is 1. The summed E-state index contributed by atoms with van der Waals surface area (Å²) in [6, 6.07) is 9.81. The Bertz CT molecular complexity index is 531. The third kappa shape index (κ3) is 2.73. The van der Waals surface area contributed by atoms with Crippen LogP contribution >= 0.6 is 0 Å². The topological polar surface area (TPSA) is 51.6 Å². The van der Waals surface area contributed by atoms with Crippen LogP contribution in [0.3, 0.4) is 0 Å². The van der Waals surface area contributed by atoms with Crippen LogP contribution in [0.1, 0.15) is 25.1 Å². The number of morpholine rings is 1. The first-order valence-electron chi connectivity index (χ1n) is 7.36. The van der Waals surface area contributed by atoms with Gasteiger partial charge in [-0.15, -0.1) is 0 Å². The van der Waals surface area contributed by atoms with Crippen LogP contribution in [-0.4, -0.2) is 37.2 Å². The van der Waals surface area contributed by atoms with Crippen molar-refractivity contribution >= 4 is 11.0 Å². The van der Waals surface area contributed by atoms with Gasteiger partial charge in [0.15, 0.2) is 0 Å². The highest BCUT2D eigenvalue weighted by Crippen LogP contribution is 2.26. The van der Waals surface area contributed by atoms with E-state index in [-0.39, 0.29) is 12.1 Å². The number of ether oxygens (including phenoxy) is 1. The molecule has 0 aliphatic carbocycles. The van der Waals surface area contributed by atoms with E-state index in [1.807, 2.05) is 30.3 Å². The van der Waals surface area contributed by atoms with E-state index < -0.39 is 0 Å². The van der Waals surface area contributed by atoms with E-state index in [0.29, 0.717) is 0 Å². The maximum atomic E-state index is 6.35. The number of fused-ring (bicyclic) bond motifs is 1. The van der Waals surface area contributed by atoms with E-state index in [2.05, 4.69) is 11.8 Å². The highest BCUT2D eigenvalue weighted by atomic mass is 16.5. The fourth-order valence-corrected chi connectivity index (χ4v) is 2.82. The van der Waals surface area contributed by atoms with Gasteiger partial charge >= 0.3 is 0 Å². The Balaban J connectivity index is 1.75. The fraction of sp³-hybridized carbons (Fsp3) is 0.500. The van der Waals surface area contributed by atoms with Crippen LogP contribution < -0.4 is 5.73 Å². The molecule has 20 heavy (non-hydrogen) atoms. The summed E-state index contributed by atoms with van der Waals surface area (Å²) in [7, 11) is 0. The van der Waals surface area contributed by atoms with Gasteiger partial charge in [0.25, 0.3) is 0 Å². The van der Waals surface area contributed by atoms with E-state index in [0.717, 1.165) is 49.4 Å². The summed E-state index contributed by atoms with van der Waals surface area (Å²) in [4.78, 5) is 2.41. The number of benzene rings is 1. The Kier molecular flexibility index (Phi) is 4.05. The molecule has 1 fully saturated rings. The second-order valence-corrected chi connectivity index (χ2v) is 5.42. The molecule has 108 valence electrons. The van der Waals surface area contributed by atoms with Crippen molar-refractivity contribution in [3.63, 3.8) is 0 Å². The molecule has 1 aromatic carbocycles. The van der Waals surface area contributed by atoms with E-state index in [1.54, 1.807) is 0 Å². The monoisotopic (exact) mass is 274 g/mol. The minimum atomic E-state index is -0.206. The molecule has 2 N–H and O–H groups in total. The molecular formula is C16H22N2O2. The van der Waals surface area contributed by atoms with Gasteiger partial charge in [0.2, 0.25) is 0 Å². The summed E-state index contributed by atoms with van der Waals surface area (Å²) in [6.07, 6.45) is 1.17. The Hall–Kier alpha value is -1.36. The van der Waals surface area contributed by atoms with E-state index >= 15 is 0 Å². The first-order chi connectivity index (χ1) is 9.78. The highest BCUT2D eigenvalue weighted by Gasteiger charge is 2.28. The lowest BCUT2D eigenvalue weighted by molar-refractivity contribution is -0.0434. The molecule has 0 amide bonds. The molecule has 4 nitrogen and oxygen atoms in total. The molecule has 1 aliphatic rings. The Morgan fingerprint density at radius 1 is 1.40 bits per heavy atom. The SMILES string of the molecule is CCCN1CCOC(C(N)c2cc3ccccc3o2)C1. The van der Waals surface area contributed by atoms with Gasteiger partial charge in [0.05, 0.1) is 18.8 Å². The average Bonchev–Trinajstić information content (AvgIpc) is 2.91. The zero-order chi connectivity index (χ0) is 13.9. The number of nitrogens with zero attached hydrogens (tertiary/aromatic N) is 1. The predicted molar refractivity (Wildman–Crippen MR) is 79.6 cm³/mol. The van der Waals surface area contributed by atoms with Gasteiger partial charge in [0, 0.05) is 18.5 Å². The van der Waals surface area contributed by atoms with Gasteiger partial charge < -0.3 is 14.9 Å². The third-order valence-electron chi connectivity index (χ3n) is 3.89. The lowest BCUT2D eigenvalue weighted by Gasteiger charge is -2.34. The molecule has 1 saturated heterocycles. The van der Waals surface area contributed by atoms with Crippen LogP contribution in [0.2, 0.25) is 0 Å². The van der Waals surface area contributed by atoms with E-state index in [4.69, 9.17) is 14.9 Å². The van der Waals surface area contributed by atoms with Crippen LogP contribution in [0.4, 0.5) is 0 Å². The molecule has 2 heterocycles. The largest absolute Gasteiger partial charge is 0.459 e. The molecule has 2 aromatic rings. The number of furan rings is 1. The van der Waals surface area contributed by atoms with Crippen molar-refractivity contribution in [3.05, 3.63) is 36.1 Å². The lowest BCUT2D eigenvalue weighted by atomic mass is 10.1. The van der Waals surface area contributed by atoms with Crippen LogP contribution in [0.25, 0.3) is 11.0 Å². The first-order valence-corrected chi connectivity index (χ1v) is 7.36. The van der Waals surface area contributed by atoms with Gasteiger partial charge in [-0.3, -0.25) is 4.90 Å². The molecule has 1 aromatic heterocycles. The second-order valence-electron chi connectivity index (χ2n) is 5.42. The van der Waals surface area contributed by atoms with Crippen molar-refractivity contribution in [1.29, 1.82) is 0 Å². The van der Waals surface area contributed by atoms with Crippen molar-refractivity contribution < 1.29 is 9.15 Å². The summed E-state index contributed by atoms with van der Waals surface area (Å²) < 4.78 is 11.7. The molecule has 1 aliphatic heterocycles. The number of para-hydroxylation sites is 1. The average molecular weight is 274 g/mol. The predicted octanol–water partition coefficient (Wildman–Crippen LogP) is 2.54. The zero-order valence-corrected chi connectivity index (χ0v) is 11.9. The number of rotatable bonds is 4. The van der Waals surface area contributed by atoms with Gasteiger partial charge in [-0.1, -0.05) is 25.1 Å². The van der Waals surface area contributed by atoms with Crippen molar-refractivity contribution in [2.24, 2.45) is 5.73 Å². The summed E-state index contributed by atoms with van der Waals surface area (Å²) in [5, 5.41) is 1.10. The second kappa shape index (κ2) is 5.95. The minimum Gasteiger partial charge on any atom is -0.459 e. The molecule has 0 bridgehead atoms. The molecule has 3 rings (SSSR count). The maximum absolute atomic E-state index is 6.35. The van der Waals surface area contributed by atoms with E-state index in [9.17, 15) is 0 Å². The molecule has 0 saturated carbocycles. The first kappa shape index (κ1) is 13.6. The zero-order valence-electron chi connectivity index (χ0n) is 11.9. The maximum Gasteiger partial charge on any atom is 0.134 e. The highest BCUT2D eigenvalue weighted by molar-refractivity contribution is 5.77. The van der Waals surface area contributed by atoms with Crippen molar-refractivity contribution in [3.8, 4) is 0 Å². The molecule has 2 atom stereocenters. The smallest absolute Gasteiger partial charge is 0.134 e. The van der Waals surface area contributed by atoms with Crippen LogP contribution in [0.5, 0.6) is 0 Å². The van der Waals surface area contributed by atoms with Crippen LogP contribution in [-0.2, 0) is 4.74 Å². The third-order valence-corrected chi connectivity index (χ3v) is 3.89. The van der Waals surface area contributed by atoms with Gasteiger partial charge in [-0.2, -0.15) is 0 Å². The van der Waals surface area contributed by atoms with Crippen molar-refractivity contribution in [2.45, 2.75) is 25.5 Å². The molecule has 2 unspecified atom stereocenters. The summed E-state index contributed by atoms with van der Waals surface area (Å²) in [6.45, 7) is 5.93. The summed E-state index contributed by atoms with van der Waals surface area (Å²) >= 11 is 0. The molecule has 0 radical (unpaired) electrons. The van der Waals surface area contributed by atoms with Crippen LogP contribution in [0, 0.1) is 0 Å². The van der Waals surface area contributed by atoms with Crippen LogP contribution in [0.15, 0.2) is 34.7 Å². The minimum absolute atomic E-state index is 0.0101. The number of hydrogen-bond acceptors (Lipinski definition) is 4. The fourth-order valence-electron chi connectivity index (χ4n) is 2.82. The standard InChI is InChI=1S/C16H22N2O2/c1-2-7-18-8-9-19-15(11-18)16(17)14-10-12-5-3-4-6-13(12)20-14/h3-6,10,15-16H,2,7-9,11,17H2,1H3. The molecule has 4 heteroatoms. The summed E-state index contributed by atoms with van der Waals surface area (Å²) in [5.74, 6) is 0.814. The van der Waals surface area contributed by atoms with Gasteiger partial charge in [-0.05, 0) is 25.1 Å². The Morgan fingerprint density at radius 3 is 3.05 bits per heavy atom. The Labute approximate surface area is 119 Å². The molecular weight excluding hydrogens is 252 g/mol. The number of hydrogen-bond donors (Lipinski definition) is 1. The lowest BCUT2D eigenvalue weighted by Crippen LogP contribution is -2.47. The van der Waals surface area contributed by atoms with Gasteiger partial charge in [-0.25, -0.2) is 0 Å². The molecule has 0 spiro atoms. The van der Waals surface area contributed by atoms with Crippen molar-refractivity contribution in [2.75, 3.05) is 26.2 Å². The van der Waals surface area contributed by atoms with Crippen molar-refractivity contribution in [1.82, 2.24) is 4.90 Å². The quantitative estimate of drug-likeness (QED) is 0.931. The normalized spacial score (nSPS) is 22.2. The van der Waals surface area contributed by atoms with Gasteiger partial charge in [0.1, 0.15) is 11.3 Å². The van der Waals surface area contributed by atoms with E-state index in [1.165, 1.54) is 0 Å². The Morgan fingerprint density at radius 2 is 2.25 bits per heavy atom. The summed E-state index contributed by atoms with van der Waals surface area (Å²) in [5.41, 5.74) is 7.23.